The van der Waals surface area contributed by atoms with Gasteiger partial charge >= 0.3 is 6.18 Å². The van der Waals surface area contributed by atoms with E-state index in [2.05, 4.69) is 34.3 Å². The molecule has 8 nitrogen and oxygen atoms in total. The maximum absolute atomic E-state index is 15.9. The van der Waals surface area contributed by atoms with Gasteiger partial charge < -0.3 is 19.5 Å². The largest absolute Gasteiger partial charge is 0.416 e. The van der Waals surface area contributed by atoms with E-state index in [1.807, 2.05) is 0 Å². The molecule has 42 heavy (non-hydrogen) atoms. The maximum Gasteiger partial charge on any atom is 0.416 e. The number of carbonyl (C=O) groups excluding carboxylic acids is 1. The van der Waals surface area contributed by atoms with E-state index < -0.39 is 29.2 Å². The molecule has 6 rings (SSSR count). The van der Waals surface area contributed by atoms with Crippen LogP contribution in [-0.2, 0) is 36.5 Å². The highest BCUT2D eigenvalue weighted by molar-refractivity contribution is 6.10. The number of piperazine rings is 1. The SMILES string of the molecule is CC(C)[C@@H]1CNCCN1Cc1cc2c(c(C(F)(F)F)c1)CN(c1cccc(C3([C@@H](F)c4nncn4C)COC3)c1)C2=O. The second-order valence-electron chi connectivity index (χ2n) is 11.9. The summed E-state index contributed by atoms with van der Waals surface area (Å²) in [6.07, 6.45) is -4.73. The second-order valence-corrected chi connectivity index (χ2v) is 11.9. The lowest BCUT2D eigenvalue weighted by Gasteiger charge is -2.43. The number of carbonyl (C=O) groups is 1. The number of hydrogen-bond acceptors (Lipinski definition) is 6. The van der Waals surface area contributed by atoms with E-state index >= 15 is 4.39 Å². The van der Waals surface area contributed by atoms with Crippen molar-refractivity contribution in [1.29, 1.82) is 0 Å². The highest BCUT2D eigenvalue weighted by atomic mass is 19.4. The van der Waals surface area contributed by atoms with Crippen molar-refractivity contribution in [3.05, 3.63) is 76.4 Å². The maximum atomic E-state index is 15.9. The van der Waals surface area contributed by atoms with Gasteiger partial charge in [0.15, 0.2) is 12.0 Å². The number of amides is 1. The molecule has 0 saturated carbocycles. The van der Waals surface area contributed by atoms with Crippen LogP contribution in [0.3, 0.4) is 0 Å². The van der Waals surface area contributed by atoms with Crippen molar-refractivity contribution < 1.29 is 27.1 Å². The minimum atomic E-state index is -4.62. The number of alkyl halides is 4. The van der Waals surface area contributed by atoms with E-state index in [0.29, 0.717) is 35.8 Å². The van der Waals surface area contributed by atoms with E-state index in [4.69, 9.17) is 4.74 Å². The zero-order chi connectivity index (χ0) is 29.8. The van der Waals surface area contributed by atoms with Crippen molar-refractivity contribution in [2.75, 3.05) is 37.7 Å². The lowest BCUT2D eigenvalue weighted by molar-refractivity contribution is -0.138. The zero-order valence-corrected chi connectivity index (χ0v) is 23.8. The van der Waals surface area contributed by atoms with Crippen LogP contribution < -0.4 is 10.2 Å². The lowest BCUT2D eigenvalue weighted by Crippen LogP contribution is -2.53. The smallest absolute Gasteiger partial charge is 0.379 e. The van der Waals surface area contributed by atoms with E-state index in [9.17, 15) is 18.0 Å². The molecule has 0 radical (unpaired) electrons. The van der Waals surface area contributed by atoms with Crippen LogP contribution >= 0.6 is 0 Å². The van der Waals surface area contributed by atoms with E-state index in [1.165, 1.54) is 21.9 Å². The third-order valence-corrected chi connectivity index (χ3v) is 8.87. The fourth-order valence-electron chi connectivity index (χ4n) is 6.41. The summed E-state index contributed by atoms with van der Waals surface area (Å²) in [7, 11) is 1.66. The summed E-state index contributed by atoms with van der Waals surface area (Å²) < 4.78 is 65.9. The number of halogens is 4. The Kier molecular flexibility index (Phi) is 7.35. The quantitative estimate of drug-likeness (QED) is 0.414. The van der Waals surface area contributed by atoms with Crippen LogP contribution in [0.15, 0.2) is 42.7 Å². The first-order chi connectivity index (χ1) is 20.0. The van der Waals surface area contributed by atoms with Crippen molar-refractivity contribution in [2.24, 2.45) is 13.0 Å². The molecule has 2 saturated heterocycles. The first-order valence-corrected chi connectivity index (χ1v) is 14.2. The topological polar surface area (TPSA) is 75.5 Å². The molecular formula is C30H34F4N6O2. The third-order valence-electron chi connectivity index (χ3n) is 8.87. The number of anilines is 1. The third kappa shape index (κ3) is 4.88. The number of hydrogen-bond donors (Lipinski definition) is 1. The molecule has 1 N–H and O–H groups in total. The molecule has 2 atom stereocenters. The number of nitrogens with one attached hydrogen (secondary N) is 1. The van der Waals surface area contributed by atoms with Crippen molar-refractivity contribution in [2.45, 2.75) is 50.7 Å². The van der Waals surface area contributed by atoms with Crippen LogP contribution in [-0.4, -0.2) is 64.5 Å². The number of nitrogens with zero attached hydrogens (tertiary/aromatic N) is 5. The number of aromatic nitrogens is 3. The number of ether oxygens (including phenoxy) is 1. The minimum absolute atomic E-state index is 0.0356. The molecule has 3 aromatic rings. The fourth-order valence-corrected chi connectivity index (χ4v) is 6.41. The highest BCUT2D eigenvalue weighted by Gasteiger charge is 2.51. The van der Waals surface area contributed by atoms with Crippen molar-refractivity contribution in [3.8, 4) is 0 Å². The Hall–Kier alpha value is -3.35. The molecule has 1 aromatic heterocycles. The molecule has 0 bridgehead atoms. The summed E-state index contributed by atoms with van der Waals surface area (Å²) in [5.74, 6) is -0.0280. The van der Waals surface area contributed by atoms with Gasteiger partial charge in [-0.05, 0) is 46.9 Å². The molecule has 0 aliphatic carbocycles. The Labute approximate surface area is 241 Å². The van der Waals surface area contributed by atoms with Crippen molar-refractivity contribution in [3.63, 3.8) is 0 Å². The van der Waals surface area contributed by atoms with Crippen LogP contribution in [0.5, 0.6) is 0 Å². The van der Waals surface area contributed by atoms with E-state index in [1.54, 1.807) is 37.4 Å². The van der Waals surface area contributed by atoms with Gasteiger partial charge in [0.05, 0.1) is 30.7 Å². The van der Waals surface area contributed by atoms with Gasteiger partial charge in [-0.2, -0.15) is 13.2 Å². The van der Waals surface area contributed by atoms with Crippen molar-refractivity contribution in [1.82, 2.24) is 25.0 Å². The molecule has 224 valence electrons. The Balaban J connectivity index is 1.33. The molecule has 2 aromatic carbocycles. The lowest BCUT2D eigenvalue weighted by atomic mass is 9.74. The van der Waals surface area contributed by atoms with Gasteiger partial charge in [-0.1, -0.05) is 26.0 Å². The van der Waals surface area contributed by atoms with Crippen LogP contribution in [0.1, 0.15) is 58.5 Å². The molecule has 4 heterocycles. The predicted molar refractivity (Wildman–Crippen MR) is 148 cm³/mol. The number of benzene rings is 2. The summed E-state index contributed by atoms with van der Waals surface area (Å²) in [4.78, 5) is 17.3. The first kappa shape index (κ1) is 28.8. The monoisotopic (exact) mass is 586 g/mol. The fraction of sp³-hybridized carbons (Fsp3) is 0.500. The highest BCUT2D eigenvalue weighted by Crippen LogP contribution is 2.47. The number of aryl methyl sites for hydroxylation is 1. The molecule has 0 spiro atoms. The van der Waals surface area contributed by atoms with Gasteiger partial charge in [0, 0.05) is 50.5 Å². The summed E-state index contributed by atoms with van der Waals surface area (Å²) in [5.41, 5.74) is -0.354. The van der Waals surface area contributed by atoms with Gasteiger partial charge in [0.25, 0.3) is 5.91 Å². The van der Waals surface area contributed by atoms with E-state index in [0.717, 1.165) is 13.1 Å². The molecule has 3 aliphatic heterocycles. The van der Waals surface area contributed by atoms with Gasteiger partial charge in [0.1, 0.15) is 6.33 Å². The van der Waals surface area contributed by atoms with Gasteiger partial charge in [-0.15, -0.1) is 10.2 Å². The molecular weight excluding hydrogens is 552 g/mol. The first-order valence-electron chi connectivity index (χ1n) is 14.2. The molecule has 1 amide bonds. The van der Waals surface area contributed by atoms with Gasteiger partial charge in [0.2, 0.25) is 0 Å². The Morgan fingerprint density at radius 3 is 2.62 bits per heavy atom. The predicted octanol–water partition coefficient (Wildman–Crippen LogP) is 4.40. The van der Waals surface area contributed by atoms with Crippen molar-refractivity contribution >= 4 is 11.6 Å². The molecule has 0 unspecified atom stereocenters. The van der Waals surface area contributed by atoms with Gasteiger partial charge in [-0.3, -0.25) is 9.69 Å². The molecule has 12 heteroatoms. The number of fused-ring (bicyclic) bond motifs is 1. The summed E-state index contributed by atoms with van der Waals surface area (Å²) in [6.45, 7) is 6.74. The normalized spacial score (nSPS) is 21.5. The minimum Gasteiger partial charge on any atom is -0.379 e. The second kappa shape index (κ2) is 10.7. The Morgan fingerprint density at radius 2 is 1.98 bits per heavy atom. The van der Waals surface area contributed by atoms with Crippen LogP contribution in [0.2, 0.25) is 0 Å². The van der Waals surface area contributed by atoms with Crippen LogP contribution in [0.25, 0.3) is 0 Å². The summed E-state index contributed by atoms with van der Waals surface area (Å²) in [5, 5.41) is 11.1. The summed E-state index contributed by atoms with van der Waals surface area (Å²) >= 11 is 0. The summed E-state index contributed by atoms with van der Waals surface area (Å²) in [6, 6.07) is 9.77. The molecule has 3 aliphatic rings. The average molecular weight is 587 g/mol. The average Bonchev–Trinajstić information content (AvgIpc) is 3.50. The Bertz CT molecular complexity index is 1480. The Morgan fingerprint density at radius 1 is 1.19 bits per heavy atom. The van der Waals surface area contributed by atoms with Crippen LogP contribution in [0, 0.1) is 5.92 Å². The molecule has 2 fully saturated rings. The number of rotatable bonds is 7. The van der Waals surface area contributed by atoms with E-state index in [-0.39, 0.29) is 42.8 Å². The van der Waals surface area contributed by atoms with Gasteiger partial charge in [-0.25, -0.2) is 4.39 Å². The zero-order valence-electron chi connectivity index (χ0n) is 23.8. The van der Waals surface area contributed by atoms with Crippen LogP contribution in [0.4, 0.5) is 23.2 Å². The standard InChI is InChI=1S/C30H34F4N6O2/c1-18(2)25-12-35-7-8-39(25)13-19-9-22-23(24(10-19)30(32,33)34)14-40(28(22)41)21-6-4-5-20(11-21)29(15-42-16-29)26(31)27-37-36-17-38(27)3/h4-6,9-11,17-18,25-26,35H,7-8,12-16H2,1-3H3/t25-,26-/m0/s1.